The molecule has 11 heteroatoms. The van der Waals surface area contributed by atoms with Crippen molar-refractivity contribution >= 4 is 57.4 Å². The van der Waals surface area contributed by atoms with Crippen LogP contribution < -0.4 is 5.32 Å². The van der Waals surface area contributed by atoms with Crippen LogP contribution in [0.1, 0.15) is 28.4 Å². The lowest BCUT2D eigenvalue weighted by atomic mass is 10.2. The van der Waals surface area contributed by atoms with Gasteiger partial charge < -0.3 is 10.1 Å². The monoisotopic (exact) mass is 581 g/mol. The average molecular weight is 582 g/mol. The van der Waals surface area contributed by atoms with E-state index in [2.05, 4.69) is 20.3 Å². The summed E-state index contributed by atoms with van der Waals surface area (Å²) in [5.74, 6) is -1.22. The third kappa shape index (κ3) is 7.58. The summed E-state index contributed by atoms with van der Waals surface area (Å²) in [7, 11) is 0. The molecule has 190 valence electrons. The fraction of sp³-hybridized carbons (Fsp3) is 0.154. The molecule has 0 atom stereocenters. The van der Waals surface area contributed by atoms with E-state index >= 15 is 0 Å². The molecule has 1 aliphatic heterocycles. The summed E-state index contributed by atoms with van der Waals surface area (Å²) in [6.45, 7) is 2.64. The molecular formula is C26H24BrN5O4S. The Morgan fingerprint density at radius 2 is 1.73 bits per heavy atom. The van der Waals surface area contributed by atoms with Gasteiger partial charge in [-0.1, -0.05) is 12.1 Å². The van der Waals surface area contributed by atoms with Crippen LogP contribution in [0.3, 0.4) is 0 Å². The van der Waals surface area contributed by atoms with Crippen molar-refractivity contribution in [3.8, 4) is 0 Å². The van der Waals surface area contributed by atoms with Crippen LogP contribution in [0.25, 0.3) is 0 Å². The average Bonchev–Trinajstić information content (AvgIpc) is 3.18. The van der Waals surface area contributed by atoms with E-state index in [0.29, 0.717) is 23.0 Å². The van der Waals surface area contributed by atoms with Gasteiger partial charge in [0.05, 0.1) is 30.2 Å². The van der Waals surface area contributed by atoms with Crippen molar-refractivity contribution in [2.24, 2.45) is 4.99 Å². The van der Waals surface area contributed by atoms with E-state index in [4.69, 9.17) is 4.74 Å². The molecular weight excluding hydrogens is 558 g/mol. The number of amidine groups is 1. The van der Waals surface area contributed by atoms with Gasteiger partial charge in [0.25, 0.3) is 5.91 Å². The molecule has 0 unspecified atom stereocenters. The highest BCUT2D eigenvalue weighted by Crippen LogP contribution is 2.32. The lowest BCUT2D eigenvalue weighted by Gasteiger charge is -2.15. The number of nitrogens with one attached hydrogen (secondary N) is 1. The summed E-state index contributed by atoms with van der Waals surface area (Å²) in [6.07, 6.45) is 8.01. The number of carbonyl (C=O) groups is 3. The third-order valence-electron chi connectivity index (χ3n) is 5.00. The van der Waals surface area contributed by atoms with Gasteiger partial charge in [-0.25, -0.2) is 4.79 Å². The number of carbonyl (C=O) groups excluding carboxylic acids is 3. The number of hydrogen-bond donors (Lipinski definition) is 1. The van der Waals surface area contributed by atoms with Crippen molar-refractivity contribution in [3.05, 3.63) is 101 Å². The van der Waals surface area contributed by atoms with Crippen molar-refractivity contribution in [1.82, 2.24) is 14.9 Å². The number of aliphatic imine (C=N–C) groups is 1. The Morgan fingerprint density at radius 3 is 2.35 bits per heavy atom. The number of aromatic nitrogens is 2. The zero-order valence-electron chi connectivity index (χ0n) is 19.9. The summed E-state index contributed by atoms with van der Waals surface area (Å²) in [4.78, 5) is 52.3. The molecule has 0 bridgehead atoms. The van der Waals surface area contributed by atoms with Crippen LogP contribution in [0, 0.1) is 0 Å². The lowest BCUT2D eigenvalue weighted by molar-refractivity contribution is -0.123. The van der Waals surface area contributed by atoms with Crippen LogP contribution in [0.2, 0.25) is 0 Å². The van der Waals surface area contributed by atoms with Crippen molar-refractivity contribution in [2.75, 3.05) is 11.9 Å². The predicted molar refractivity (Wildman–Crippen MR) is 147 cm³/mol. The van der Waals surface area contributed by atoms with Gasteiger partial charge >= 0.3 is 5.97 Å². The van der Waals surface area contributed by atoms with E-state index in [0.717, 1.165) is 22.9 Å². The lowest BCUT2D eigenvalue weighted by Crippen LogP contribution is -2.29. The van der Waals surface area contributed by atoms with Gasteiger partial charge in [-0.05, 0) is 66.2 Å². The van der Waals surface area contributed by atoms with Crippen LogP contribution in [0.4, 0.5) is 5.69 Å². The molecule has 0 radical (unpaired) electrons. The van der Waals surface area contributed by atoms with Crippen LogP contribution in [0.5, 0.6) is 0 Å². The molecule has 1 fully saturated rings. The Morgan fingerprint density at radius 1 is 1.05 bits per heavy atom. The zero-order chi connectivity index (χ0) is 25.3. The molecule has 4 rings (SSSR count). The smallest absolute Gasteiger partial charge is 0.338 e. The molecule has 0 saturated carbocycles. The van der Waals surface area contributed by atoms with Gasteiger partial charge in [-0.2, -0.15) is 0 Å². The summed E-state index contributed by atoms with van der Waals surface area (Å²) < 4.78 is 4.96. The Labute approximate surface area is 228 Å². The summed E-state index contributed by atoms with van der Waals surface area (Å²) >= 11 is 1.14. The Balaban J connectivity index is 0.00000380. The summed E-state index contributed by atoms with van der Waals surface area (Å²) in [5, 5.41) is 3.21. The Hall–Kier alpha value is -3.83. The number of hydrogen-bond acceptors (Lipinski definition) is 8. The predicted octanol–water partition coefficient (Wildman–Crippen LogP) is 4.39. The number of amides is 2. The molecule has 0 aliphatic carbocycles. The first-order valence-corrected chi connectivity index (χ1v) is 12.0. The molecule has 1 aliphatic rings. The molecule has 1 N–H and O–H groups in total. The standard InChI is InChI=1S/C26H23N5O4S.BrH/c1-2-35-25(34)20-7-9-21(10-8-20)30-23(32)13-22-24(33)31(17-19-6-4-12-28-15-19)26(36-22)29-16-18-5-3-11-27-14-18;/h3-15H,2,16-17H2,1H3,(H,30,32);1H/b22-13+,29-26?;. The van der Waals surface area contributed by atoms with E-state index in [9.17, 15) is 14.4 Å². The number of pyridine rings is 2. The van der Waals surface area contributed by atoms with Crippen molar-refractivity contribution in [3.63, 3.8) is 0 Å². The van der Waals surface area contributed by atoms with E-state index in [1.165, 1.54) is 11.0 Å². The maximum Gasteiger partial charge on any atom is 0.338 e. The minimum absolute atomic E-state index is 0. The molecule has 3 heterocycles. The third-order valence-corrected chi connectivity index (χ3v) is 6.04. The highest BCUT2D eigenvalue weighted by molar-refractivity contribution is 8.93. The summed E-state index contributed by atoms with van der Waals surface area (Å²) in [6, 6.07) is 13.7. The molecule has 2 aromatic heterocycles. The maximum atomic E-state index is 13.2. The first-order chi connectivity index (χ1) is 17.5. The van der Waals surface area contributed by atoms with Gasteiger partial charge in [0.1, 0.15) is 0 Å². The number of halogens is 1. The topological polar surface area (TPSA) is 114 Å². The molecule has 1 aromatic carbocycles. The minimum Gasteiger partial charge on any atom is -0.462 e. The first kappa shape index (κ1) is 27.8. The zero-order valence-corrected chi connectivity index (χ0v) is 22.4. The second-order valence-electron chi connectivity index (χ2n) is 7.61. The maximum absolute atomic E-state index is 13.2. The largest absolute Gasteiger partial charge is 0.462 e. The van der Waals surface area contributed by atoms with Crippen LogP contribution >= 0.6 is 28.7 Å². The summed E-state index contributed by atoms with van der Waals surface area (Å²) in [5.41, 5.74) is 2.61. The molecule has 37 heavy (non-hydrogen) atoms. The van der Waals surface area contributed by atoms with E-state index < -0.39 is 11.9 Å². The van der Waals surface area contributed by atoms with Gasteiger partial charge in [0.15, 0.2) is 5.17 Å². The molecule has 0 spiro atoms. The number of nitrogens with zero attached hydrogens (tertiary/aromatic N) is 4. The highest BCUT2D eigenvalue weighted by atomic mass is 79.9. The number of rotatable bonds is 8. The van der Waals surface area contributed by atoms with E-state index in [1.54, 1.807) is 62.0 Å². The molecule has 9 nitrogen and oxygen atoms in total. The molecule has 1 saturated heterocycles. The second kappa shape index (κ2) is 13.5. The minimum atomic E-state index is -0.468. The van der Waals surface area contributed by atoms with Gasteiger partial charge in [0, 0.05) is 36.6 Å². The highest BCUT2D eigenvalue weighted by Gasteiger charge is 2.34. The second-order valence-corrected chi connectivity index (χ2v) is 8.62. The first-order valence-electron chi connectivity index (χ1n) is 11.2. The van der Waals surface area contributed by atoms with E-state index in [1.807, 2.05) is 18.2 Å². The van der Waals surface area contributed by atoms with Crippen molar-refractivity contribution < 1.29 is 19.1 Å². The molecule has 3 aromatic rings. The van der Waals surface area contributed by atoms with Gasteiger partial charge in [-0.3, -0.25) is 29.4 Å². The normalized spacial score (nSPS) is 14.9. The van der Waals surface area contributed by atoms with Crippen molar-refractivity contribution in [2.45, 2.75) is 20.0 Å². The van der Waals surface area contributed by atoms with Gasteiger partial charge in [-0.15, -0.1) is 17.0 Å². The quantitative estimate of drug-likeness (QED) is 0.310. The Kier molecular flexibility index (Phi) is 10.1. The fourth-order valence-corrected chi connectivity index (χ4v) is 4.24. The number of ether oxygens (including phenoxy) is 1. The Bertz CT molecular complexity index is 1300. The number of esters is 1. The van der Waals surface area contributed by atoms with Crippen LogP contribution in [0.15, 0.2) is 89.3 Å². The van der Waals surface area contributed by atoms with Crippen molar-refractivity contribution in [1.29, 1.82) is 0 Å². The SMILES string of the molecule is Br.CCOC(=O)c1ccc(NC(=O)/C=C2/SC(=NCc3cccnc3)N(Cc3cccnc3)C2=O)cc1. The fourth-order valence-electron chi connectivity index (χ4n) is 3.29. The number of benzene rings is 1. The molecule has 2 amide bonds. The van der Waals surface area contributed by atoms with E-state index in [-0.39, 0.29) is 40.9 Å². The van der Waals surface area contributed by atoms with Crippen LogP contribution in [-0.2, 0) is 27.4 Å². The number of anilines is 1. The van der Waals surface area contributed by atoms with Gasteiger partial charge in [0.2, 0.25) is 5.91 Å². The number of thioether (sulfide) groups is 1. The van der Waals surface area contributed by atoms with Crippen LogP contribution in [-0.4, -0.2) is 44.4 Å².